The lowest BCUT2D eigenvalue weighted by Gasteiger charge is -2.33. The lowest BCUT2D eigenvalue weighted by Crippen LogP contribution is -2.48. The molecule has 5 rings (SSSR count). The Morgan fingerprint density at radius 3 is 2.58 bits per heavy atom. The Labute approximate surface area is 238 Å². The minimum Gasteiger partial charge on any atom is -0.491 e. The van der Waals surface area contributed by atoms with Gasteiger partial charge in [0.15, 0.2) is 17.1 Å². The van der Waals surface area contributed by atoms with Crippen molar-refractivity contribution in [3.63, 3.8) is 0 Å². The molecular weight excluding hydrogens is 548 g/mol. The molecule has 4 heterocycles. The standard InChI is InChI=1S/C28H34N6O4S2/c1-4-10-21-23-24(32(3)31-21)28(35)30-27(29-23)26-25(38-5-2)22(19-39-26)40(36,37)34-17-15-33(16-18-34)14-9-13-20-11-7-6-8-12-20/h6-9,11-13,19H,4-5,10,14-18H2,1-3H3,(H,29,30,35)/b13-9+. The molecule has 1 aliphatic heterocycles. The molecule has 0 bridgehead atoms. The van der Waals surface area contributed by atoms with Gasteiger partial charge in [0.1, 0.15) is 15.3 Å². The zero-order chi connectivity index (χ0) is 28.3. The molecule has 0 amide bonds. The summed E-state index contributed by atoms with van der Waals surface area (Å²) in [6, 6.07) is 10.1. The van der Waals surface area contributed by atoms with Crippen LogP contribution in [0.4, 0.5) is 0 Å². The van der Waals surface area contributed by atoms with Gasteiger partial charge in [-0.05, 0) is 18.9 Å². The van der Waals surface area contributed by atoms with Gasteiger partial charge in [0.2, 0.25) is 10.0 Å². The third-order valence-corrected chi connectivity index (χ3v) is 9.91. The zero-order valence-corrected chi connectivity index (χ0v) is 24.6. The number of nitrogens with one attached hydrogen (secondary N) is 1. The lowest BCUT2D eigenvalue weighted by molar-refractivity contribution is 0.204. The van der Waals surface area contributed by atoms with E-state index in [9.17, 15) is 13.2 Å². The average Bonchev–Trinajstić information content (AvgIpc) is 3.51. The highest BCUT2D eigenvalue weighted by atomic mass is 32.2. The van der Waals surface area contributed by atoms with Crippen molar-refractivity contribution in [2.45, 2.75) is 31.6 Å². The van der Waals surface area contributed by atoms with Crippen LogP contribution in [0.1, 0.15) is 31.5 Å². The number of aryl methyl sites for hydroxylation is 2. The van der Waals surface area contributed by atoms with Crippen molar-refractivity contribution in [1.82, 2.24) is 29.0 Å². The van der Waals surface area contributed by atoms with Gasteiger partial charge in [0.05, 0.1) is 12.3 Å². The second-order valence-corrected chi connectivity index (χ2v) is 12.4. The molecule has 1 aliphatic rings. The maximum Gasteiger partial charge on any atom is 0.277 e. The van der Waals surface area contributed by atoms with E-state index in [1.165, 1.54) is 15.6 Å². The third-order valence-electron chi connectivity index (χ3n) is 6.89. The van der Waals surface area contributed by atoms with Gasteiger partial charge in [0, 0.05) is 45.2 Å². The van der Waals surface area contributed by atoms with Crippen LogP contribution < -0.4 is 10.3 Å². The van der Waals surface area contributed by atoms with Crippen molar-refractivity contribution >= 4 is 38.5 Å². The monoisotopic (exact) mass is 582 g/mol. The number of nitrogens with zero attached hydrogens (tertiary/aromatic N) is 5. The summed E-state index contributed by atoms with van der Waals surface area (Å²) in [6.07, 6.45) is 5.73. The van der Waals surface area contributed by atoms with Gasteiger partial charge in [-0.25, -0.2) is 13.4 Å². The van der Waals surface area contributed by atoms with E-state index < -0.39 is 10.0 Å². The summed E-state index contributed by atoms with van der Waals surface area (Å²) in [6.45, 7) is 6.90. The molecule has 3 aromatic heterocycles. The molecule has 212 valence electrons. The molecule has 0 aliphatic carbocycles. The number of hydrogen-bond acceptors (Lipinski definition) is 8. The lowest BCUT2D eigenvalue weighted by atomic mass is 10.2. The SMILES string of the molecule is CCCc1nn(C)c2c(=O)[nH]c(-c3scc(S(=O)(=O)N4CCN(C/C=C/c5ccccc5)CC4)c3OCC)nc12. The fourth-order valence-electron chi connectivity index (χ4n) is 4.91. The molecule has 1 aromatic carbocycles. The van der Waals surface area contributed by atoms with Crippen molar-refractivity contribution < 1.29 is 13.2 Å². The topological polar surface area (TPSA) is 113 Å². The van der Waals surface area contributed by atoms with Gasteiger partial charge in [0.25, 0.3) is 5.56 Å². The van der Waals surface area contributed by atoms with Crippen molar-refractivity contribution in [3.05, 3.63) is 63.4 Å². The number of H-pyrrole nitrogens is 1. The summed E-state index contributed by atoms with van der Waals surface area (Å²) < 4.78 is 36.5. The first-order valence-corrected chi connectivity index (χ1v) is 15.8. The number of sulfonamides is 1. The van der Waals surface area contributed by atoms with Crippen LogP contribution in [0.3, 0.4) is 0 Å². The minimum absolute atomic E-state index is 0.106. The second-order valence-electron chi connectivity index (χ2n) is 9.64. The maximum absolute atomic E-state index is 13.8. The fraction of sp³-hybridized carbons (Fsp3) is 0.393. The largest absolute Gasteiger partial charge is 0.491 e. The van der Waals surface area contributed by atoms with Gasteiger partial charge >= 0.3 is 0 Å². The van der Waals surface area contributed by atoms with Gasteiger partial charge in [-0.3, -0.25) is 14.4 Å². The van der Waals surface area contributed by atoms with Crippen LogP contribution in [0.25, 0.3) is 27.8 Å². The molecule has 10 nitrogen and oxygen atoms in total. The number of aromatic nitrogens is 4. The molecule has 1 saturated heterocycles. The number of thiophene rings is 1. The average molecular weight is 583 g/mol. The molecule has 1 N–H and O–H groups in total. The van der Waals surface area contributed by atoms with Crippen LogP contribution in [-0.4, -0.2) is 76.7 Å². The van der Waals surface area contributed by atoms with Crippen molar-refractivity contribution in [3.8, 4) is 16.5 Å². The van der Waals surface area contributed by atoms with E-state index in [1.54, 1.807) is 24.0 Å². The highest BCUT2D eigenvalue weighted by Gasteiger charge is 2.34. The molecule has 1 fully saturated rings. The quantitative estimate of drug-likeness (QED) is 0.303. The van der Waals surface area contributed by atoms with Gasteiger partial charge in [-0.1, -0.05) is 55.8 Å². The molecule has 0 saturated carbocycles. The van der Waals surface area contributed by atoms with E-state index in [1.807, 2.05) is 25.1 Å². The normalized spacial score (nSPS) is 15.4. The number of hydrogen-bond donors (Lipinski definition) is 1. The Kier molecular flexibility index (Phi) is 8.50. The Morgan fingerprint density at radius 2 is 1.88 bits per heavy atom. The molecule has 40 heavy (non-hydrogen) atoms. The Morgan fingerprint density at radius 1 is 1.12 bits per heavy atom. The third kappa shape index (κ3) is 5.62. The summed E-state index contributed by atoms with van der Waals surface area (Å²) in [7, 11) is -2.10. The smallest absolute Gasteiger partial charge is 0.277 e. The van der Waals surface area contributed by atoms with Crippen LogP contribution in [0.2, 0.25) is 0 Å². The van der Waals surface area contributed by atoms with E-state index in [0.29, 0.717) is 48.5 Å². The van der Waals surface area contributed by atoms with E-state index in [0.717, 1.165) is 24.2 Å². The van der Waals surface area contributed by atoms with Crippen LogP contribution in [0.5, 0.6) is 5.75 Å². The Balaban J connectivity index is 1.38. The molecule has 0 radical (unpaired) electrons. The number of fused-ring (bicyclic) bond motifs is 1. The molecule has 0 spiro atoms. The first kappa shape index (κ1) is 28.2. The number of benzene rings is 1. The van der Waals surface area contributed by atoms with Gasteiger partial charge in [-0.15, -0.1) is 11.3 Å². The van der Waals surface area contributed by atoms with Crippen LogP contribution >= 0.6 is 11.3 Å². The predicted octanol–water partition coefficient (Wildman–Crippen LogP) is 3.76. The first-order valence-electron chi connectivity index (χ1n) is 13.5. The molecule has 0 atom stereocenters. The summed E-state index contributed by atoms with van der Waals surface area (Å²) in [5.41, 5.74) is 2.48. The van der Waals surface area contributed by atoms with Crippen molar-refractivity contribution in [1.29, 1.82) is 0 Å². The Bertz CT molecular complexity index is 1670. The molecule has 12 heteroatoms. The zero-order valence-electron chi connectivity index (χ0n) is 23.0. The van der Waals surface area contributed by atoms with E-state index in [-0.39, 0.29) is 28.6 Å². The number of ether oxygens (including phenoxy) is 1. The highest BCUT2D eigenvalue weighted by Crippen LogP contribution is 2.41. The summed E-state index contributed by atoms with van der Waals surface area (Å²) in [4.78, 5) is 23.4. The fourth-order valence-corrected chi connectivity index (χ4v) is 7.74. The molecule has 0 unspecified atom stereocenters. The van der Waals surface area contributed by atoms with Gasteiger partial charge in [-0.2, -0.15) is 9.40 Å². The first-order chi connectivity index (χ1) is 19.3. The highest BCUT2D eigenvalue weighted by molar-refractivity contribution is 7.89. The second kappa shape index (κ2) is 12.0. The van der Waals surface area contributed by atoms with Crippen molar-refractivity contribution in [2.75, 3.05) is 39.3 Å². The summed E-state index contributed by atoms with van der Waals surface area (Å²) >= 11 is 1.20. The van der Waals surface area contributed by atoms with Crippen molar-refractivity contribution in [2.24, 2.45) is 7.05 Å². The van der Waals surface area contributed by atoms with Gasteiger partial charge < -0.3 is 9.72 Å². The van der Waals surface area contributed by atoms with Crippen LogP contribution in [-0.2, 0) is 23.5 Å². The summed E-state index contributed by atoms with van der Waals surface area (Å²) in [5.74, 6) is 0.511. The Hall–Kier alpha value is -3.32. The van der Waals surface area contributed by atoms with E-state index in [2.05, 4.69) is 39.3 Å². The van der Waals surface area contributed by atoms with Crippen LogP contribution in [0.15, 0.2) is 51.5 Å². The van der Waals surface area contributed by atoms with E-state index >= 15 is 0 Å². The number of aromatic amines is 1. The predicted molar refractivity (Wildman–Crippen MR) is 158 cm³/mol. The summed E-state index contributed by atoms with van der Waals surface area (Å²) in [5, 5.41) is 6.06. The number of rotatable bonds is 10. The minimum atomic E-state index is -3.82. The maximum atomic E-state index is 13.8. The molecule has 4 aromatic rings. The van der Waals surface area contributed by atoms with Crippen LogP contribution in [0, 0.1) is 0 Å². The molecular formula is C28H34N6O4S2. The number of piperazine rings is 1. The van der Waals surface area contributed by atoms with E-state index in [4.69, 9.17) is 9.72 Å².